The number of hydrogen-bond acceptors (Lipinski definition) is 7. The Hall–Kier alpha value is -2.48. The molecule has 1 saturated heterocycles. The molecule has 1 N–H and O–H groups in total. The Morgan fingerprint density at radius 2 is 1.93 bits per heavy atom. The predicted octanol–water partition coefficient (Wildman–Crippen LogP) is 1.51. The van der Waals surface area contributed by atoms with Gasteiger partial charge in [0.25, 0.3) is 0 Å². The average Bonchev–Trinajstić information content (AvgIpc) is 3.33. The molecule has 0 unspecified atom stereocenters. The smallest absolute Gasteiger partial charge is 0.231 e. The van der Waals surface area contributed by atoms with Gasteiger partial charge in [0.1, 0.15) is 17.7 Å². The standard InChI is InChI=1S/C19H24N4O4/c1-11-20-19(22(2)21-11)23-8-12-5-15(24)17(6-13(12)9-23)27-14-3-4-16-18(7-14)26-10-25-16/h3-4,7,12-13,15,17,24H,5-6,8-10H2,1-2H3/t12-,13+,15+,17+/m0/s1. The highest BCUT2D eigenvalue weighted by Gasteiger charge is 2.43. The zero-order valence-electron chi connectivity index (χ0n) is 15.5. The van der Waals surface area contributed by atoms with Crippen LogP contribution in [0.2, 0.25) is 0 Å². The first-order chi connectivity index (χ1) is 13.1. The number of aromatic nitrogens is 3. The molecular weight excluding hydrogens is 348 g/mol. The first kappa shape index (κ1) is 16.7. The van der Waals surface area contributed by atoms with E-state index in [-0.39, 0.29) is 12.9 Å². The number of ether oxygens (including phenoxy) is 3. The van der Waals surface area contributed by atoms with E-state index >= 15 is 0 Å². The summed E-state index contributed by atoms with van der Waals surface area (Å²) >= 11 is 0. The molecular formula is C19H24N4O4. The fraction of sp³-hybridized carbons (Fsp3) is 0.579. The van der Waals surface area contributed by atoms with Gasteiger partial charge in [0, 0.05) is 26.2 Å². The summed E-state index contributed by atoms with van der Waals surface area (Å²) < 4.78 is 18.7. The van der Waals surface area contributed by atoms with Gasteiger partial charge in [0.05, 0.1) is 6.10 Å². The molecule has 1 aromatic carbocycles. The van der Waals surface area contributed by atoms with Gasteiger partial charge >= 0.3 is 0 Å². The molecule has 4 atom stereocenters. The normalized spacial score (nSPS) is 29.1. The number of fused-ring (bicyclic) bond motifs is 2. The van der Waals surface area contributed by atoms with Gasteiger partial charge in [0.2, 0.25) is 12.7 Å². The van der Waals surface area contributed by atoms with Crippen molar-refractivity contribution in [2.45, 2.75) is 32.0 Å². The van der Waals surface area contributed by atoms with E-state index in [1.54, 1.807) is 0 Å². The maximum atomic E-state index is 10.7. The number of aliphatic hydroxyl groups is 1. The van der Waals surface area contributed by atoms with E-state index in [4.69, 9.17) is 14.2 Å². The number of rotatable bonds is 3. The highest BCUT2D eigenvalue weighted by atomic mass is 16.7. The lowest BCUT2D eigenvalue weighted by Gasteiger charge is -2.35. The molecule has 27 heavy (non-hydrogen) atoms. The summed E-state index contributed by atoms with van der Waals surface area (Å²) in [6, 6.07) is 5.56. The van der Waals surface area contributed by atoms with Crippen LogP contribution in [-0.2, 0) is 7.05 Å². The summed E-state index contributed by atoms with van der Waals surface area (Å²) in [6.07, 6.45) is 0.881. The molecule has 2 aliphatic heterocycles. The zero-order chi connectivity index (χ0) is 18.5. The van der Waals surface area contributed by atoms with E-state index < -0.39 is 6.10 Å². The van der Waals surface area contributed by atoms with Crippen molar-refractivity contribution >= 4 is 5.95 Å². The van der Waals surface area contributed by atoms with Crippen LogP contribution in [0.15, 0.2) is 18.2 Å². The van der Waals surface area contributed by atoms with Gasteiger partial charge < -0.3 is 24.2 Å². The Morgan fingerprint density at radius 1 is 1.15 bits per heavy atom. The Labute approximate surface area is 157 Å². The van der Waals surface area contributed by atoms with Gasteiger partial charge in [-0.1, -0.05) is 0 Å². The molecule has 8 heteroatoms. The number of benzene rings is 1. The molecule has 2 aromatic rings. The van der Waals surface area contributed by atoms with Crippen molar-refractivity contribution in [1.29, 1.82) is 0 Å². The maximum Gasteiger partial charge on any atom is 0.231 e. The lowest BCUT2D eigenvalue weighted by molar-refractivity contribution is -0.0232. The van der Waals surface area contributed by atoms with Crippen LogP contribution in [-0.4, -0.2) is 52.0 Å². The summed E-state index contributed by atoms with van der Waals surface area (Å²) in [7, 11) is 1.93. The molecule has 144 valence electrons. The van der Waals surface area contributed by atoms with Gasteiger partial charge in [-0.2, -0.15) is 10.1 Å². The third-order valence-electron chi connectivity index (χ3n) is 5.85. The molecule has 0 amide bonds. The molecule has 0 bridgehead atoms. The van der Waals surface area contributed by atoms with E-state index in [1.165, 1.54) is 0 Å². The lowest BCUT2D eigenvalue weighted by atomic mass is 9.78. The summed E-state index contributed by atoms with van der Waals surface area (Å²) in [5, 5.41) is 15.0. The van der Waals surface area contributed by atoms with Crippen molar-refractivity contribution in [3.63, 3.8) is 0 Å². The fourth-order valence-corrected chi connectivity index (χ4v) is 4.58. The topological polar surface area (TPSA) is 81.9 Å². The van der Waals surface area contributed by atoms with Gasteiger partial charge in [0.15, 0.2) is 11.5 Å². The van der Waals surface area contributed by atoms with Crippen molar-refractivity contribution in [1.82, 2.24) is 14.8 Å². The largest absolute Gasteiger partial charge is 0.488 e. The first-order valence-corrected chi connectivity index (χ1v) is 9.44. The number of aryl methyl sites for hydroxylation is 2. The van der Waals surface area contributed by atoms with Gasteiger partial charge in [-0.3, -0.25) is 0 Å². The van der Waals surface area contributed by atoms with Crippen molar-refractivity contribution in [2.75, 3.05) is 24.8 Å². The number of aliphatic hydroxyl groups excluding tert-OH is 1. The summed E-state index contributed by atoms with van der Waals surface area (Å²) in [6.45, 7) is 3.98. The molecule has 1 aromatic heterocycles. The molecule has 1 aliphatic carbocycles. The van der Waals surface area contributed by atoms with Crippen molar-refractivity contribution < 1.29 is 19.3 Å². The minimum Gasteiger partial charge on any atom is -0.488 e. The van der Waals surface area contributed by atoms with Crippen LogP contribution in [0.5, 0.6) is 17.2 Å². The lowest BCUT2D eigenvalue weighted by Crippen LogP contribution is -2.42. The third-order valence-corrected chi connectivity index (χ3v) is 5.85. The summed E-state index contributed by atoms with van der Waals surface area (Å²) in [5.74, 6) is 4.76. The monoisotopic (exact) mass is 372 g/mol. The van der Waals surface area contributed by atoms with Crippen LogP contribution >= 0.6 is 0 Å². The van der Waals surface area contributed by atoms with Crippen LogP contribution in [0, 0.1) is 18.8 Å². The highest BCUT2D eigenvalue weighted by Crippen LogP contribution is 2.40. The second-order valence-corrected chi connectivity index (χ2v) is 7.72. The molecule has 5 rings (SSSR count). The van der Waals surface area contributed by atoms with Crippen LogP contribution in [0.4, 0.5) is 5.95 Å². The third kappa shape index (κ3) is 2.97. The quantitative estimate of drug-likeness (QED) is 0.874. The van der Waals surface area contributed by atoms with Gasteiger partial charge in [-0.15, -0.1) is 0 Å². The Kier molecular flexibility index (Phi) is 3.89. The van der Waals surface area contributed by atoms with Crippen LogP contribution in [0.1, 0.15) is 18.7 Å². The van der Waals surface area contributed by atoms with Gasteiger partial charge in [-0.05, 0) is 43.7 Å². The van der Waals surface area contributed by atoms with Gasteiger partial charge in [-0.25, -0.2) is 4.68 Å². The molecule has 2 fully saturated rings. The second kappa shape index (κ2) is 6.30. The van der Waals surface area contributed by atoms with Crippen molar-refractivity contribution in [2.24, 2.45) is 18.9 Å². The molecule has 1 saturated carbocycles. The number of hydrogen-bond donors (Lipinski definition) is 1. The second-order valence-electron chi connectivity index (χ2n) is 7.72. The minimum atomic E-state index is -0.474. The highest BCUT2D eigenvalue weighted by molar-refractivity contribution is 5.47. The Morgan fingerprint density at radius 3 is 2.70 bits per heavy atom. The van der Waals surface area contributed by atoms with Crippen LogP contribution < -0.4 is 19.1 Å². The van der Waals surface area contributed by atoms with E-state index in [2.05, 4.69) is 15.0 Å². The molecule has 3 heterocycles. The molecule has 8 nitrogen and oxygen atoms in total. The molecule has 3 aliphatic rings. The summed E-state index contributed by atoms with van der Waals surface area (Å²) in [4.78, 5) is 6.83. The minimum absolute atomic E-state index is 0.215. The number of anilines is 1. The van der Waals surface area contributed by atoms with E-state index in [0.717, 1.165) is 43.5 Å². The average molecular weight is 372 g/mol. The Balaban J connectivity index is 1.28. The van der Waals surface area contributed by atoms with E-state index in [9.17, 15) is 5.11 Å². The predicted molar refractivity (Wildman–Crippen MR) is 97.2 cm³/mol. The molecule has 0 spiro atoms. The first-order valence-electron chi connectivity index (χ1n) is 9.44. The molecule has 0 radical (unpaired) electrons. The maximum absolute atomic E-state index is 10.7. The van der Waals surface area contributed by atoms with E-state index in [1.807, 2.05) is 36.9 Å². The fourth-order valence-electron chi connectivity index (χ4n) is 4.58. The van der Waals surface area contributed by atoms with Crippen LogP contribution in [0.3, 0.4) is 0 Å². The summed E-state index contributed by atoms with van der Waals surface area (Å²) in [5.41, 5.74) is 0. The zero-order valence-corrected chi connectivity index (χ0v) is 15.5. The SMILES string of the molecule is Cc1nc(N2C[C@H]3C[C@@H](Oc4ccc5c(c4)OCO5)[C@H](O)C[C@H]3C2)n(C)n1. The van der Waals surface area contributed by atoms with Crippen molar-refractivity contribution in [3.05, 3.63) is 24.0 Å². The van der Waals surface area contributed by atoms with Crippen molar-refractivity contribution in [3.8, 4) is 17.2 Å². The van der Waals surface area contributed by atoms with E-state index in [0.29, 0.717) is 23.3 Å². The Bertz CT molecular complexity index is 854. The van der Waals surface area contributed by atoms with Crippen LogP contribution in [0.25, 0.3) is 0 Å². The number of nitrogens with zero attached hydrogens (tertiary/aromatic N) is 4.